The molecule has 0 aliphatic carbocycles. The predicted molar refractivity (Wildman–Crippen MR) is 83.4 cm³/mol. The van der Waals surface area contributed by atoms with Crippen molar-refractivity contribution in [3.8, 4) is 11.8 Å². The number of hydrogen-bond donors (Lipinski definition) is 0. The molecule has 0 spiro atoms. The summed E-state index contributed by atoms with van der Waals surface area (Å²) in [6, 6.07) is 7.88. The van der Waals surface area contributed by atoms with Gasteiger partial charge in [-0.2, -0.15) is 15.5 Å². The van der Waals surface area contributed by atoms with E-state index < -0.39 is 0 Å². The fourth-order valence-corrected chi connectivity index (χ4v) is 2.47. The number of para-hydroxylation sites is 1. The number of benzene rings is 1. The summed E-state index contributed by atoms with van der Waals surface area (Å²) in [5.74, 6) is 0.403. The van der Waals surface area contributed by atoms with Crippen molar-refractivity contribution < 1.29 is 0 Å². The Morgan fingerprint density at radius 2 is 2.14 bits per heavy atom. The van der Waals surface area contributed by atoms with Crippen molar-refractivity contribution in [2.45, 2.75) is 52.4 Å². The topological polar surface area (TPSA) is 54.5 Å². The molecule has 0 radical (unpaired) electrons. The van der Waals surface area contributed by atoms with Crippen LogP contribution in [0.15, 0.2) is 24.4 Å². The van der Waals surface area contributed by atoms with Crippen molar-refractivity contribution >= 4 is 0 Å². The van der Waals surface area contributed by atoms with E-state index in [1.807, 2.05) is 25.3 Å². The van der Waals surface area contributed by atoms with Crippen LogP contribution in [0.4, 0.5) is 0 Å². The third-order valence-corrected chi connectivity index (χ3v) is 3.81. The van der Waals surface area contributed by atoms with Gasteiger partial charge in [0, 0.05) is 5.92 Å². The van der Waals surface area contributed by atoms with Gasteiger partial charge in [-0.15, -0.1) is 4.80 Å². The van der Waals surface area contributed by atoms with Gasteiger partial charge in [-0.25, -0.2) is 0 Å². The molecule has 1 atom stereocenters. The number of nitrogens with zero attached hydrogens (tertiary/aromatic N) is 4. The molecule has 1 aromatic heterocycles. The summed E-state index contributed by atoms with van der Waals surface area (Å²) in [5, 5.41) is 18.2. The molecule has 0 bridgehead atoms. The van der Waals surface area contributed by atoms with Gasteiger partial charge in [0.25, 0.3) is 0 Å². The Labute approximate surface area is 126 Å². The maximum Gasteiger partial charge on any atom is 0.106 e. The summed E-state index contributed by atoms with van der Waals surface area (Å²) in [7, 11) is 0. The predicted octanol–water partition coefficient (Wildman–Crippen LogP) is 4.13. The van der Waals surface area contributed by atoms with E-state index in [2.05, 4.69) is 30.1 Å². The molecule has 1 unspecified atom stereocenters. The Kier molecular flexibility index (Phi) is 5.10. The Bertz CT molecular complexity index is 636. The first kappa shape index (κ1) is 15.2. The molecule has 0 fully saturated rings. The van der Waals surface area contributed by atoms with E-state index in [9.17, 15) is 5.26 Å². The first-order chi connectivity index (χ1) is 10.2. The lowest BCUT2D eigenvalue weighted by atomic mass is 10.0. The van der Waals surface area contributed by atoms with Crippen LogP contribution < -0.4 is 0 Å². The van der Waals surface area contributed by atoms with Crippen LogP contribution in [0, 0.1) is 18.3 Å². The number of aryl methyl sites for hydroxylation is 1. The van der Waals surface area contributed by atoms with Gasteiger partial charge in [0.1, 0.15) is 11.8 Å². The number of rotatable bonds is 6. The molecule has 0 N–H and O–H groups in total. The van der Waals surface area contributed by atoms with Crippen molar-refractivity contribution in [1.82, 2.24) is 15.0 Å². The largest absolute Gasteiger partial charge is 0.192 e. The molecule has 1 heterocycles. The van der Waals surface area contributed by atoms with E-state index in [1.54, 1.807) is 10.9 Å². The lowest BCUT2D eigenvalue weighted by Gasteiger charge is -2.08. The third-order valence-electron chi connectivity index (χ3n) is 3.81. The van der Waals surface area contributed by atoms with Gasteiger partial charge in [0.2, 0.25) is 0 Å². The maximum absolute atomic E-state index is 9.24. The van der Waals surface area contributed by atoms with Crippen LogP contribution in [-0.2, 0) is 0 Å². The zero-order chi connectivity index (χ0) is 15.2. The minimum absolute atomic E-state index is 0.403. The molecule has 4 heteroatoms. The minimum atomic E-state index is 0.403. The highest BCUT2D eigenvalue weighted by molar-refractivity contribution is 5.52. The van der Waals surface area contributed by atoms with E-state index in [0.29, 0.717) is 11.5 Å². The normalized spacial score (nSPS) is 12.1. The van der Waals surface area contributed by atoms with Gasteiger partial charge in [-0.3, -0.25) is 0 Å². The molecule has 21 heavy (non-hydrogen) atoms. The molecule has 1 aromatic carbocycles. The van der Waals surface area contributed by atoms with Crippen LogP contribution in [0.5, 0.6) is 0 Å². The Morgan fingerprint density at radius 1 is 1.33 bits per heavy atom. The highest BCUT2D eigenvalue weighted by atomic mass is 15.5. The zero-order valence-corrected chi connectivity index (χ0v) is 13.0. The quantitative estimate of drug-likeness (QED) is 0.748. The monoisotopic (exact) mass is 282 g/mol. The summed E-state index contributed by atoms with van der Waals surface area (Å²) >= 11 is 0. The number of hydrogen-bond acceptors (Lipinski definition) is 3. The molecule has 0 aliphatic rings. The third kappa shape index (κ3) is 3.49. The van der Waals surface area contributed by atoms with Crippen molar-refractivity contribution in [1.29, 1.82) is 5.26 Å². The summed E-state index contributed by atoms with van der Waals surface area (Å²) < 4.78 is 0. The molecular formula is C17H22N4. The summed E-state index contributed by atoms with van der Waals surface area (Å²) in [4.78, 5) is 1.60. The maximum atomic E-state index is 9.24. The molecular weight excluding hydrogens is 260 g/mol. The fourth-order valence-electron chi connectivity index (χ4n) is 2.47. The average molecular weight is 282 g/mol. The van der Waals surface area contributed by atoms with Crippen molar-refractivity contribution in [2.24, 2.45) is 0 Å². The molecule has 0 aliphatic heterocycles. The van der Waals surface area contributed by atoms with E-state index >= 15 is 0 Å². The Morgan fingerprint density at radius 3 is 2.86 bits per heavy atom. The standard InChI is InChI=1S/C17H22N4/c1-4-5-6-8-13(2)16-12-19-21(20-16)17-14(3)9-7-10-15(17)11-18/h7,9-10,12-13H,4-6,8H2,1-3H3. The minimum Gasteiger partial charge on any atom is -0.192 e. The van der Waals surface area contributed by atoms with Crippen LogP contribution in [0.25, 0.3) is 5.69 Å². The van der Waals surface area contributed by atoms with Gasteiger partial charge in [0.05, 0.1) is 17.5 Å². The summed E-state index contributed by atoms with van der Waals surface area (Å²) in [6.45, 7) is 6.37. The van der Waals surface area contributed by atoms with Crippen LogP contribution in [0.2, 0.25) is 0 Å². The first-order valence-corrected chi connectivity index (χ1v) is 7.59. The number of unbranched alkanes of at least 4 members (excludes halogenated alkanes) is 2. The van der Waals surface area contributed by atoms with Crippen molar-refractivity contribution in [2.75, 3.05) is 0 Å². The molecule has 110 valence electrons. The SMILES string of the molecule is CCCCCC(C)c1cnn(-c2c(C)cccc2C#N)n1. The zero-order valence-electron chi connectivity index (χ0n) is 13.0. The second-order valence-electron chi connectivity index (χ2n) is 5.54. The first-order valence-electron chi connectivity index (χ1n) is 7.59. The van der Waals surface area contributed by atoms with Gasteiger partial charge < -0.3 is 0 Å². The highest BCUT2D eigenvalue weighted by Crippen LogP contribution is 2.22. The van der Waals surface area contributed by atoms with E-state index in [1.165, 1.54) is 19.3 Å². The van der Waals surface area contributed by atoms with Gasteiger partial charge in [0.15, 0.2) is 0 Å². The number of nitriles is 1. The van der Waals surface area contributed by atoms with E-state index in [4.69, 9.17) is 0 Å². The molecule has 2 aromatic rings. The molecule has 0 saturated heterocycles. The van der Waals surface area contributed by atoms with E-state index in [0.717, 1.165) is 23.4 Å². The highest BCUT2D eigenvalue weighted by Gasteiger charge is 2.14. The smallest absolute Gasteiger partial charge is 0.106 e. The summed E-state index contributed by atoms with van der Waals surface area (Å²) in [6.07, 6.45) is 6.66. The average Bonchev–Trinajstić information content (AvgIpc) is 2.96. The lowest BCUT2D eigenvalue weighted by Crippen LogP contribution is -2.05. The van der Waals surface area contributed by atoms with Crippen molar-refractivity contribution in [3.63, 3.8) is 0 Å². The molecule has 2 rings (SSSR count). The fraction of sp³-hybridized carbons (Fsp3) is 0.471. The van der Waals surface area contributed by atoms with Crippen LogP contribution in [-0.4, -0.2) is 15.0 Å². The molecule has 0 amide bonds. The number of aromatic nitrogens is 3. The van der Waals surface area contributed by atoms with Gasteiger partial charge in [-0.05, 0) is 25.0 Å². The van der Waals surface area contributed by atoms with E-state index in [-0.39, 0.29) is 0 Å². The molecule has 0 saturated carbocycles. The van der Waals surface area contributed by atoms with Gasteiger partial charge in [-0.1, -0.05) is 45.2 Å². The molecule has 4 nitrogen and oxygen atoms in total. The summed E-state index contributed by atoms with van der Waals surface area (Å²) in [5.41, 5.74) is 3.40. The second kappa shape index (κ2) is 7.03. The Hall–Kier alpha value is -2.15. The second-order valence-corrected chi connectivity index (χ2v) is 5.54. The van der Waals surface area contributed by atoms with Crippen LogP contribution >= 0.6 is 0 Å². The Balaban J connectivity index is 2.23. The van der Waals surface area contributed by atoms with Gasteiger partial charge >= 0.3 is 0 Å². The van der Waals surface area contributed by atoms with Crippen molar-refractivity contribution in [3.05, 3.63) is 41.2 Å². The van der Waals surface area contributed by atoms with Crippen LogP contribution in [0.3, 0.4) is 0 Å². The lowest BCUT2D eigenvalue weighted by molar-refractivity contribution is 0.581. The van der Waals surface area contributed by atoms with Crippen LogP contribution in [0.1, 0.15) is 62.3 Å².